The monoisotopic (exact) mass is 325 g/mol. The van der Waals surface area contributed by atoms with Gasteiger partial charge in [0.2, 0.25) is 5.91 Å². The van der Waals surface area contributed by atoms with Gasteiger partial charge in [-0.1, -0.05) is 30.3 Å². The summed E-state index contributed by atoms with van der Waals surface area (Å²) in [5, 5.41) is 2.68. The van der Waals surface area contributed by atoms with Crippen molar-refractivity contribution in [2.24, 2.45) is 0 Å². The number of nitrogens with one attached hydrogen (secondary N) is 1. The van der Waals surface area contributed by atoms with Crippen molar-refractivity contribution in [3.05, 3.63) is 54.0 Å². The zero-order valence-corrected chi connectivity index (χ0v) is 14.2. The summed E-state index contributed by atoms with van der Waals surface area (Å²) in [5.74, 6) is 0.552. The van der Waals surface area contributed by atoms with Gasteiger partial charge >= 0.3 is 0 Å². The van der Waals surface area contributed by atoms with Crippen LogP contribution in [-0.4, -0.2) is 22.0 Å². The summed E-state index contributed by atoms with van der Waals surface area (Å²) >= 11 is 0. The Balaban J connectivity index is 0.000000141. The smallest absolute Gasteiger partial charge is 0.237 e. The van der Waals surface area contributed by atoms with Crippen molar-refractivity contribution in [3.63, 3.8) is 0 Å². The highest BCUT2D eigenvalue weighted by Crippen LogP contribution is 2.33. The molecule has 4 rings (SSSR count). The standard InChI is InChI=1S/C11H14O.C8H9N3O/c1-2-5-10(6-3-1)9-12-11-7-4-8-11;1-8(2)5-6(11-7(8)12)10-4-3-9-5/h1-3,5-6,11H,4,7-9H2;3-4H,1-2H3,(H,10,11,12). The summed E-state index contributed by atoms with van der Waals surface area (Å²) in [6.07, 6.45) is 7.57. The number of amides is 1. The lowest BCUT2D eigenvalue weighted by atomic mass is 9.91. The number of carbonyl (C=O) groups is 1. The first kappa shape index (κ1) is 16.6. The number of hydrogen-bond acceptors (Lipinski definition) is 4. The van der Waals surface area contributed by atoms with Crippen LogP contribution in [0.3, 0.4) is 0 Å². The van der Waals surface area contributed by atoms with E-state index in [1.54, 1.807) is 12.4 Å². The van der Waals surface area contributed by atoms with E-state index in [2.05, 4.69) is 39.6 Å². The lowest BCUT2D eigenvalue weighted by Gasteiger charge is -2.25. The molecule has 0 radical (unpaired) electrons. The van der Waals surface area contributed by atoms with Crippen LogP contribution in [0.1, 0.15) is 44.4 Å². The highest BCUT2D eigenvalue weighted by Gasteiger charge is 2.40. The van der Waals surface area contributed by atoms with Gasteiger partial charge in [-0.15, -0.1) is 0 Å². The fraction of sp³-hybridized carbons (Fsp3) is 0.421. The molecule has 1 aromatic carbocycles. The third-order valence-corrected chi connectivity index (χ3v) is 4.47. The number of carbonyl (C=O) groups excluding carboxylic acids is 1. The Morgan fingerprint density at radius 2 is 1.88 bits per heavy atom. The number of nitrogens with zero attached hydrogens (tertiary/aromatic N) is 2. The average Bonchev–Trinajstić information content (AvgIpc) is 2.78. The zero-order chi connectivity index (χ0) is 17.0. The Bertz CT molecular complexity index is 697. The highest BCUT2D eigenvalue weighted by molar-refractivity contribution is 6.03. The molecule has 5 heteroatoms. The largest absolute Gasteiger partial charge is 0.374 e. The second-order valence-corrected chi connectivity index (χ2v) is 6.68. The van der Waals surface area contributed by atoms with Gasteiger partial charge in [0.15, 0.2) is 5.82 Å². The molecule has 1 amide bonds. The molecular formula is C19H23N3O2. The number of anilines is 1. The summed E-state index contributed by atoms with van der Waals surface area (Å²) in [6, 6.07) is 10.4. The SMILES string of the molecule is CC1(C)C(=O)Nc2nccnc21.c1ccc(COC2CCC2)cc1. The molecule has 126 valence electrons. The molecule has 0 saturated heterocycles. The molecule has 2 aromatic rings. The molecule has 1 aromatic heterocycles. The Labute approximate surface area is 142 Å². The molecule has 0 spiro atoms. The molecule has 0 unspecified atom stereocenters. The van der Waals surface area contributed by atoms with Gasteiger partial charge in [-0.2, -0.15) is 0 Å². The molecule has 2 aliphatic rings. The maximum absolute atomic E-state index is 11.4. The van der Waals surface area contributed by atoms with Gasteiger partial charge in [0.05, 0.1) is 23.8 Å². The highest BCUT2D eigenvalue weighted by atomic mass is 16.5. The Morgan fingerprint density at radius 1 is 1.17 bits per heavy atom. The van der Waals surface area contributed by atoms with Crippen molar-refractivity contribution in [2.75, 3.05) is 5.32 Å². The van der Waals surface area contributed by atoms with E-state index in [0.717, 1.165) is 12.3 Å². The molecule has 5 nitrogen and oxygen atoms in total. The fourth-order valence-electron chi connectivity index (χ4n) is 2.58. The molecule has 2 heterocycles. The lowest BCUT2D eigenvalue weighted by Crippen LogP contribution is -2.27. The molecular weight excluding hydrogens is 302 g/mol. The number of benzene rings is 1. The van der Waals surface area contributed by atoms with E-state index < -0.39 is 5.41 Å². The summed E-state index contributed by atoms with van der Waals surface area (Å²) < 4.78 is 5.66. The summed E-state index contributed by atoms with van der Waals surface area (Å²) in [7, 11) is 0. The van der Waals surface area contributed by atoms with E-state index in [1.807, 2.05) is 19.9 Å². The van der Waals surface area contributed by atoms with Crippen LogP contribution in [-0.2, 0) is 21.6 Å². The normalized spacial score (nSPS) is 18.0. The summed E-state index contributed by atoms with van der Waals surface area (Å²) in [4.78, 5) is 19.5. The van der Waals surface area contributed by atoms with E-state index in [0.29, 0.717) is 11.9 Å². The van der Waals surface area contributed by atoms with Crippen molar-refractivity contribution in [2.45, 2.75) is 51.2 Å². The predicted octanol–water partition coefficient (Wildman–Crippen LogP) is 3.46. The van der Waals surface area contributed by atoms with Crippen molar-refractivity contribution in [1.82, 2.24) is 9.97 Å². The van der Waals surface area contributed by atoms with E-state index in [1.165, 1.54) is 24.8 Å². The van der Waals surface area contributed by atoms with Gasteiger partial charge in [-0.05, 0) is 38.7 Å². The van der Waals surface area contributed by atoms with E-state index in [9.17, 15) is 4.79 Å². The third kappa shape index (κ3) is 3.62. The number of fused-ring (bicyclic) bond motifs is 1. The van der Waals surface area contributed by atoms with Gasteiger partial charge in [0, 0.05) is 12.4 Å². The minimum atomic E-state index is -0.538. The first-order valence-corrected chi connectivity index (χ1v) is 8.36. The van der Waals surface area contributed by atoms with Crippen molar-refractivity contribution in [3.8, 4) is 0 Å². The second-order valence-electron chi connectivity index (χ2n) is 6.68. The van der Waals surface area contributed by atoms with Gasteiger partial charge in [-0.3, -0.25) is 9.78 Å². The average molecular weight is 325 g/mol. The Kier molecular flexibility index (Phi) is 4.90. The van der Waals surface area contributed by atoms with Crippen molar-refractivity contribution >= 4 is 11.7 Å². The van der Waals surface area contributed by atoms with Gasteiger partial charge < -0.3 is 10.1 Å². The van der Waals surface area contributed by atoms with Crippen molar-refractivity contribution in [1.29, 1.82) is 0 Å². The molecule has 1 saturated carbocycles. The third-order valence-electron chi connectivity index (χ3n) is 4.47. The first-order valence-electron chi connectivity index (χ1n) is 8.36. The van der Waals surface area contributed by atoms with Crippen LogP contribution >= 0.6 is 0 Å². The maximum Gasteiger partial charge on any atom is 0.237 e. The summed E-state index contributed by atoms with van der Waals surface area (Å²) in [5.41, 5.74) is 1.48. The summed E-state index contributed by atoms with van der Waals surface area (Å²) in [6.45, 7) is 4.46. The first-order chi connectivity index (χ1) is 11.6. The maximum atomic E-state index is 11.4. The van der Waals surface area contributed by atoms with Crippen LogP contribution in [0.25, 0.3) is 0 Å². The quantitative estimate of drug-likeness (QED) is 0.938. The molecule has 0 bridgehead atoms. The number of aromatic nitrogens is 2. The van der Waals surface area contributed by atoms with Gasteiger partial charge in [0.25, 0.3) is 0 Å². The van der Waals surface area contributed by atoms with E-state index in [4.69, 9.17) is 4.74 Å². The van der Waals surface area contributed by atoms with Crippen LogP contribution in [0.15, 0.2) is 42.7 Å². The molecule has 1 fully saturated rings. The van der Waals surface area contributed by atoms with Gasteiger partial charge in [-0.25, -0.2) is 4.98 Å². The molecule has 1 N–H and O–H groups in total. The minimum Gasteiger partial charge on any atom is -0.374 e. The van der Waals surface area contributed by atoms with Crippen LogP contribution in [0, 0.1) is 0 Å². The minimum absolute atomic E-state index is 0.0382. The molecule has 0 atom stereocenters. The van der Waals surface area contributed by atoms with Crippen LogP contribution in [0.5, 0.6) is 0 Å². The Morgan fingerprint density at radius 3 is 2.50 bits per heavy atom. The van der Waals surface area contributed by atoms with E-state index >= 15 is 0 Å². The molecule has 1 aliphatic carbocycles. The zero-order valence-electron chi connectivity index (χ0n) is 14.2. The molecule has 24 heavy (non-hydrogen) atoms. The fourth-order valence-corrected chi connectivity index (χ4v) is 2.58. The van der Waals surface area contributed by atoms with Crippen LogP contribution in [0.2, 0.25) is 0 Å². The molecule has 1 aliphatic heterocycles. The topological polar surface area (TPSA) is 64.1 Å². The second kappa shape index (κ2) is 7.09. The van der Waals surface area contributed by atoms with Gasteiger partial charge in [0.1, 0.15) is 0 Å². The Hall–Kier alpha value is -2.27. The van der Waals surface area contributed by atoms with Crippen LogP contribution < -0.4 is 5.32 Å². The lowest BCUT2D eigenvalue weighted by molar-refractivity contribution is -0.119. The predicted molar refractivity (Wildman–Crippen MR) is 92.6 cm³/mol. The number of rotatable bonds is 3. The van der Waals surface area contributed by atoms with Crippen molar-refractivity contribution < 1.29 is 9.53 Å². The van der Waals surface area contributed by atoms with E-state index in [-0.39, 0.29) is 5.91 Å². The number of hydrogen-bond donors (Lipinski definition) is 1. The van der Waals surface area contributed by atoms with Crippen LogP contribution in [0.4, 0.5) is 5.82 Å². The number of ether oxygens (including phenoxy) is 1.